The molecule has 0 spiro atoms. The molecule has 0 unspecified atom stereocenters. The maximum atomic E-state index is 12.7. The number of aromatic nitrogens is 1. The third kappa shape index (κ3) is 7.31. The number of pyridine rings is 1. The van der Waals surface area contributed by atoms with Crippen molar-refractivity contribution < 1.29 is 9.53 Å². The first-order valence-corrected chi connectivity index (χ1v) is 12.4. The van der Waals surface area contributed by atoms with Gasteiger partial charge in [0.25, 0.3) is 0 Å². The number of amides is 1. The summed E-state index contributed by atoms with van der Waals surface area (Å²) in [6.07, 6.45) is 16.8. The fourth-order valence-electron chi connectivity index (χ4n) is 4.53. The number of ether oxygens (including phenoxy) is 1. The summed E-state index contributed by atoms with van der Waals surface area (Å²) in [5.74, 6) is 0.919. The van der Waals surface area contributed by atoms with Crippen molar-refractivity contribution in [2.75, 3.05) is 7.11 Å². The van der Waals surface area contributed by atoms with Crippen molar-refractivity contribution in [1.82, 2.24) is 10.3 Å². The Morgan fingerprint density at radius 3 is 2.79 bits per heavy atom. The van der Waals surface area contributed by atoms with Gasteiger partial charge in [-0.3, -0.25) is 9.78 Å². The number of nitrogens with one attached hydrogen (secondary N) is 1. The lowest BCUT2D eigenvalue weighted by Gasteiger charge is -2.23. The number of carbonyl (C=O) groups is 1. The molecular formula is C29H38N2O2. The van der Waals surface area contributed by atoms with Crippen LogP contribution in [0.4, 0.5) is 0 Å². The number of hydrogen-bond acceptors (Lipinski definition) is 3. The first-order valence-electron chi connectivity index (χ1n) is 12.4. The van der Waals surface area contributed by atoms with Gasteiger partial charge >= 0.3 is 0 Å². The molecule has 4 nitrogen and oxygen atoms in total. The number of rotatable bonds is 12. The van der Waals surface area contributed by atoms with E-state index < -0.39 is 0 Å². The number of unbranched alkanes of at least 4 members (excludes halogenated alkanes) is 1. The molecule has 0 radical (unpaired) electrons. The van der Waals surface area contributed by atoms with Crippen molar-refractivity contribution in [3.63, 3.8) is 0 Å². The molecule has 0 saturated heterocycles. The summed E-state index contributed by atoms with van der Waals surface area (Å²) in [5.41, 5.74) is 6.59. The number of nitrogens with zero attached hydrogens (tertiary/aromatic N) is 1. The molecule has 1 atom stereocenters. The van der Waals surface area contributed by atoms with Crippen LogP contribution in [0.25, 0.3) is 5.57 Å². The average molecular weight is 447 g/mol. The molecule has 0 bridgehead atoms. The molecule has 1 aromatic heterocycles. The minimum atomic E-state index is 0.00565. The van der Waals surface area contributed by atoms with Crippen molar-refractivity contribution in [3.8, 4) is 5.75 Å². The van der Waals surface area contributed by atoms with Crippen molar-refractivity contribution >= 4 is 11.5 Å². The summed E-state index contributed by atoms with van der Waals surface area (Å²) in [4.78, 5) is 16.9. The summed E-state index contributed by atoms with van der Waals surface area (Å²) < 4.78 is 5.42. The van der Waals surface area contributed by atoms with E-state index in [1.807, 2.05) is 18.3 Å². The minimum Gasteiger partial charge on any atom is -0.497 e. The normalized spacial score (nSPS) is 14.3. The van der Waals surface area contributed by atoms with Gasteiger partial charge in [0, 0.05) is 24.5 Å². The second-order valence-electron chi connectivity index (χ2n) is 8.83. The lowest BCUT2D eigenvalue weighted by atomic mass is 9.83. The van der Waals surface area contributed by atoms with Crippen molar-refractivity contribution in [3.05, 3.63) is 77.1 Å². The highest BCUT2D eigenvalue weighted by Gasteiger charge is 2.18. The van der Waals surface area contributed by atoms with Gasteiger partial charge in [0.2, 0.25) is 5.91 Å². The third-order valence-corrected chi connectivity index (χ3v) is 6.49. The molecule has 1 aliphatic carbocycles. The second kappa shape index (κ2) is 13.0. The summed E-state index contributed by atoms with van der Waals surface area (Å²) in [6.45, 7) is 4.36. The van der Waals surface area contributed by atoms with Gasteiger partial charge in [-0.2, -0.15) is 0 Å². The topological polar surface area (TPSA) is 51.2 Å². The number of benzene rings is 1. The molecule has 1 heterocycles. The highest BCUT2D eigenvalue weighted by Crippen LogP contribution is 2.36. The Hall–Kier alpha value is -2.88. The molecule has 1 amide bonds. The lowest BCUT2D eigenvalue weighted by Crippen LogP contribution is -2.33. The van der Waals surface area contributed by atoms with Gasteiger partial charge < -0.3 is 10.1 Å². The molecule has 2 aromatic rings. The Kier molecular flexibility index (Phi) is 9.74. The third-order valence-electron chi connectivity index (χ3n) is 6.49. The Labute approximate surface area is 199 Å². The summed E-state index contributed by atoms with van der Waals surface area (Å²) >= 11 is 0. The van der Waals surface area contributed by atoms with Crippen LogP contribution in [0, 0.1) is 0 Å². The lowest BCUT2D eigenvalue weighted by molar-refractivity contribution is -0.117. The SMILES string of the molecule is CCCCC1=C(C=CC(=O)N[C@H](CC)CCCc2cccnc2)CCc2cc(OC)ccc21. The van der Waals surface area contributed by atoms with E-state index in [4.69, 9.17) is 4.74 Å². The number of methoxy groups -OCH3 is 1. The van der Waals surface area contributed by atoms with Gasteiger partial charge in [-0.25, -0.2) is 0 Å². The minimum absolute atomic E-state index is 0.00565. The quantitative estimate of drug-likeness (QED) is 0.381. The number of carbonyl (C=O) groups excluding carboxylic acids is 1. The second-order valence-corrected chi connectivity index (χ2v) is 8.83. The van der Waals surface area contributed by atoms with E-state index in [0.29, 0.717) is 0 Å². The van der Waals surface area contributed by atoms with Crippen LogP contribution in [-0.2, 0) is 17.6 Å². The molecule has 1 aromatic carbocycles. The largest absolute Gasteiger partial charge is 0.497 e. The van der Waals surface area contributed by atoms with E-state index >= 15 is 0 Å². The van der Waals surface area contributed by atoms with E-state index in [1.165, 1.54) is 27.8 Å². The Morgan fingerprint density at radius 2 is 2.06 bits per heavy atom. The number of hydrogen-bond donors (Lipinski definition) is 1. The molecule has 0 fully saturated rings. The monoisotopic (exact) mass is 446 g/mol. The first kappa shape index (κ1) is 24.8. The molecule has 1 N–H and O–H groups in total. The zero-order chi connectivity index (χ0) is 23.5. The molecule has 176 valence electrons. The van der Waals surface area contributed by atoms with Crippen molar-refractivity contribution in [2.24, 2.45) is 0 Å². The van der Waals surface area contributed by atoms with E-state index in [0.717, 1.165) is 63.5 Å². The van der Waals surface area contributed by atoms with Crippen LogP contribution < -0.4 is 10.1 Å². The van der Waals surface area contributed by atoms with E-state index in [9.17, 15) is 4.79 Å². The molecule has 0 saturated carbocycles. The molecule has 1 aliphatic rings. The maximum absolute atomic E-state index is 12.7. The van der Waals surface area contributed by atoms with Crippen LogP contribution in [-0.4, -0.2) is 24.0 Å². The van der Waals surface area contributed by atoms with Gasteiger partial charge in [0.15, 0.2) is 0 Å². The Morgan fingerprint density at radius 1 is 1.18 bits per heavy atom. The fourth-order valence-corrected chi connectivity index (χ4v) is 4.53. The predicted octanol–water partition coefficient (Wildman–Crippen LogP) is 6.45. The zero-order valence-electron chi connectivity index (χ0n) is 20.4. The standard InChI is InChI=1S/C29H38N2O2/c1-4-6-12-27-23(13-14-24-20-26(33-3)16-17-28(24)27)15-18-29(32)31-25(5-2)11-7-9-22-10-8-19-30-21-22/h8,10,15-21,25H,4-7,9,11-14H2,1-3H3,(H,31,32)/t25-/m1/s1. The van der Waals surface area contributed by atoms with Gasteiger partial charge in [-0.15, -0.1) is 0 Å². The van der Waals surface area contributed by atoms with Crippen LogP contribution in [0.5, 0.6) is 5.75 Å². The van der Waals surface area contributed by atoms with Crippen LogP contribution in [0.3, 0.4) is 0 Å². The van der Waals surface area contributed by atoms with E-state index in [1.54, 1.807) is 19.4 Å². The summed E-state index contributed by atoms with van der Waals surface area (Å²) in [6, 6.07) is 10.7. The first-order chi connectivity index (χ1) is 16.1. The van der Waals surface area contributed by atoms with E-state index in [2.05, 4.69) is 48.4 Å². The highest BCUT2D eigenvalue weighted by atomic mass is 16.5. The highest BCUT2D eigenvalue weighted by molar-refractivity contribution is 5.89. The zero-order valence-corrected chi connectivity index (χ0v) is 20.4. The maximum Gasteiger partial charge on any atom is 0.244 e. The molecular weight excluding hydrogens is 408 g/mol. The fraction of sp³-hybridized carbons (Fsp3) is 0.448. The van der Waals surface area contributed by atoms with Crippen molar-refractivity contribution in [2.45, 2.75) is 77.7 Å². The summed E-state index contributed by atoms with van der Waals surface area (Å²) in [7, 11) is 1.72. The van der Waals surface area contributed by atoms with Crippen LogP contribution >= 0.6 is 0 Å². The number of aryl methyl sites for hydroxylation is 2. The molecule has 33 heavy (non-hydrogen) atoms. The van der Waals surface area contributed by atoms with Gasteiger partial charge in [-0.05, 0) is 97.4 Å². The number of fused-ring (bicyclic) bond motifs is 1. The van der Waals surface area contributed by atoms with E-state index in [-0.39, 0.29) is 11.9 Å². The van der Waals surface area contributed by atoms with Gasteiger partial charge in [0.1, 0.15) is 5.75 Å². The Balaban J connectivity index is 1.63. The van der Waals surface area contributed by atoms with Crippen LogP contribution in [0.2, 0.25) is 0 Å². The van der Waals surface area contributed by atoms with Gasteiger partial charge in [-0.1, -0.05) is 38.5 Å². The van der Waals surface area contributed by atoms with Crippen LogP contribution in [0.1, 0.15) is 75.5 Å². The van der Waals surface area contributed by atoms with Gasteiger partial charge in [0.05, 0.1) is 7.11 Å². The predicted molar refractivity (Wildman–Crippen MR) is 136 cm³/mol. The Bertz CT molecular complexity index is 963. The number of allylic oxidation sites excluding steroid dienone is 3. The average Bonchev–Trinajstić information content (AvgIpc) is 2.85. The van der Waals surface area contributed by atoms with Crippen molar-refractivity contribution in [1.29, 1.82) is 0 Å². The molecule has 4 heteroatoms. The van der Waals surface area contributed by atoms with Crippen LogP contribution in [0.15, 0.2) is 60.5 Å². The smallest absolute Gasteiger partial charge is 0.244 e. The molecule has 3 rings (SSSR count). The summed E-state index contributed by atoms with van der Waals surface area (Å²) in [5, 5.41) is 3.20. The molecule has 0 aliphatic heterocycles.